The lowest BCUT2D eigenvalue weighted by Crippen LogP contribution is -2.14. The van der Waals surface area contributed by atoms with Crippen molar-refractivity contribution in [1.82, 2.24) is 0 Å². The molecular formula is C21H26O2. The lowest BCUT2D eigenvalue weighted by Gasteiger charge is -2.30. The lowest BCUT2D eigenvalue weighted by molar-refractivity contribution is 0.308. The van der Waals surface area contributed by atoms with Crippen LogP contribution in [0.15, 0.2) is 42.5 Å². The highest BCUT2D eigenvalue weighted by atomic mass is 16.3. The van der Waals surface area contributed by atoms with Crippen molar-refractivity contribution in [3.8, 4) is 22.6 Å². The van der Waals surface area contributed by atoms with Gasteiger partial charge in [0.2, 0.25) is 0 Å². The standard InChI is InChI=1S/C21H26O2/c1-2-6-15-11-13-16(14-12-15)17-8-5-10-20(23)21(17)18-7-3-4-9-19(18)22/h3-5,7-10,15-16,22-23H,2,6,11-14H2,1H3. The molecule has 0 aliphatic heterocycles. The molecule has 1 aliphatic rings. The molecule has 0 saturated heterocycles. The average Bonchev–Trinajstić information content (AvgIpc) is 2.57. The van der Waals surface area contributed by atoms with Gasteiger partial charge in [-0.1, -0.05) is 50.1 Å². The second-order valence-corrected chi connectivity index (χ2v) is 6.76. The van der Waals surface area contributed by atoms with Crippen LogP contribution in [0.2, 0.25) is 0 Å². The van der Waals surface area contributed by atoms with Gasteiger partial charge in [0.05, 0.1) is 0 Å². The zero-order valence-corrected chi connectivity index (χ0v) is 13.8. The van der Waals surface area contributed by atoms with Crippen molar-refractivity contribution in [3.05, 3.63) is 48.0 Å². The second kappa shape index (κ2) is 7.08. The Morgan fingerprint density at radius 2 is 1.57 bits per heavy atom. The van der Waals surface area contributed by atoms with E-state index in [1.165, 1.54) is 44.1 Å². The molecule has 2 N–H and O–H groups in total. The monoisotopic (exact) mass is 310 g/mol. The van der Waals surface area contributed by atoms with Gasteiger partial charge in [-0.2, -0.15) is 0 Å². The van der Waals surface area contributed by atoms with E-state index in [0.29, 0.717) is 5.92 Å². The summed E-state index contributed by atoms with van der Waals surface area (Å²) in [6.45, 7) is 2.26. The predicted octanol–water partition coefficient (Wildman–Crippen LogP) is 5.84. The van der Waals surface area contributed by atoms with Gasteiger partial charge in [0, 0.05) is 11.1 Å². The van der Waals surface area contributed by atoms with E-state index in [1.807, 2.05) is 24.3 Å². The molecule has 0 bridgehead atoms. The van der Waals surface area contributed by atoms with Gasteiger partial charge in [-0.15, -0.1) is 0 Å². The second-order valence-electron chi connectivity index (χ2n) is 6.76. The number of para-hydroxylation sites is 1. The Hall–Kier alpha value is -1.96. The van der Waals surface area contributed by atoms with E-state index < -0.39 is 0 Å². The van der Waals surface area contributed by atoms with Crippen molar-refractivity contribution in [2.75, 3.05) is 0 Å². The van der Waals surface area contributed by atoms with Gasteiger partial charge >= 0.3 is 0 Å². The molecule has 0 heterocycles. The molecule has 2 aromatic carbocycles. The first-order chi connectivity index (χ1) is 11.2. The van der Waals surface area contributed by atoms with E-state index in [-0.39, 0.29) is 11.5 Å². The van der Waals surface area contributed by atoms with Crippen molar-refractivity contribution in [1.29, 1.82) is 0 Å². The Balaban J connectivity index is 1.92. The van der Waals surface area contributed by atoms with Crippen LogP contribution in [-0.2, 0) is 0 Å². The third kappa shape index (κ3) is 3.36. The van der Waals surface area contributed by atoms with Gasteiger partial charge in [0.25, 0.3) is 0 Å². The van der Waals surface area contributed by atoms with Gasteiger partial charge in [-0.3, -0.25) is 0 Å². The number of benzene rings is 2. The Labute approximate surface area is 138 Å². The molecule has 0 unspecified atom stereocenters. The summed E-state index contributed by atoms with van der Waals surface area (Å²) in [5.41, 5.74) is 2.72. The summed E-state index contributed by atoms with van der Waals surface area (Å²) in [5, 5.41) is 20.6. The minimum Gasteiger partial charge on any atom is -0.507 e. The lowest BCUT2D eigenvalue weighted by atomic mass is 9.75. The summed E-state index contributed by atoms with van der Waals surface area (Å²) >= 11 is 0. The fourth-order valence-corrected chi connectivity index (χ4v) is 4.05. The van der Waals surface area contributed by atoms with Crippen molar-refractivity contribution in [2.45, 2.75) is 51.4 Å². The molecule has 1 saturated carbocycles. The van der Waals surface area contributed by atoms with Gasteiger partial charge in [-0.05, 0) is 55.2 Å². The first-order valence-corrected chi connectivity index (χ1v) is 8.81. The van der Waals surface area contributed by atoms with Crippen LogP contribution in [0.3, 0.4) is 0 Å². The molecule has 0 spiro atoms. The highest BCUT2D eigenvalue weighted by Crippen LogP contribution is 2.45. The van der Waals surface area contributed by atoms with Crippen molar-refractivity contribution < 1.29 is 10.2 Å². The number of phenols is 2. The fourth-order valence-electron chi connectivity index (χ4n) is 4.05. The molecule has 2 aromatic rings. The molecule has 3 rings (SSSR count). The molecule has 23 heavy (non-hydrogen) atoms. The molecule has 1 fully saturated rings. The van der Waals surface area contributed by atoms with Crippen LogP contribution < -0.4 is 0 Å². The van der Waals surface area contributed by atoms with Crippen LogP contribution in [0.4, 0.5) is 0 Å². The third-order valence-electron chi connectivity index (χ3n) is 5.23. The quantitative estimate of drug-likeness (QED) is 0.745. The molecule has 1 aliphatic carbocycles. The van der Waals surface area contributed by atoms with Crippen LogP contribution in [0.1, 0.15) is 56.9 Å². The van der Waals surface area contributed by atoms with Crippen molar-refractivity contribution in [2.24, 2.45) is 5.92 Å². The molecule has 2 heteroatoms. The highest BCUT2D eigenvalue weighted by Gasteiger charge is 2.25. The SMILES string of the molecule is CCCC1CCC(c2cccc(O)c2-c2ccccc2O)CC1. The summed E-state index contributed by atoms with van der Waals surface area (Å²) in [6.07, 6.45) is 7.50. The van der Waals surface area contributed by atoms with E-state index in [0.717, 1.165) is 17.0 Å². The van der Waals surface area contributed by atoms with Gasteiger partial charge < -0.3 is 10.2 Å². The minimum atomic E-state index is 0.231. The summed E-state index contributed by atoms with van der Waals surface area (Å²) < 4.78 is 0. The van der Waals surface area contributed by atoms with Gasteiger partial charge in [-0.25, -0.2) is 0 Å². The topological polar surface area (TPSA) is 40.5 Å². The van der Waals surface area contributed by atoms with E-state index in [1.54, 1.807) is 12.1 Å². The first kappa shape index (κ1) is 15.9. The molecule has 0 amide bonds. The molecule has 0 radical (unpaired) electrons. The molecule has 2 nitrogen and oxygen atoms in total. The summed E-state index contributed by atoms with van der Waals surface area (Å²) in [6, 6.07) is 13.0. The van der Waals surface area contributed by atoms with E-state index in [4.69, 9.17) is 0 Å². The number of aromatic hydroxyl groups is 2. The first-order valence-electron chi connectivity index (χ1n) is 8.81. The Bertz CT molecular complexity index is 655. The van der Waals surface area contributed by atoms with E-state index in [9.17, 15) is 10.2 Å². The Kier molecular flexibility index (Phi) is 4.90. The zero-order valence-electron chi connectivity index (χ0n) is 13.8. The van der Waals surface area contributed by atoms with Crippen molar-refractivity contribution in [3.63, 3.8) is 0 Å². The Morgan fingerprint density at radius 1 is 0.870 bits per heavy atom. The summed E-state index contributed by atoms with van der Waals surface area (Å²) in [5.74, 6) is 1.83. The van der Waals surface area contributed by atoms with Crippen molar-refractivity contribution >= 4 is 0 Å². The van der Waals surface area contributed by atoms with Crippen LogP contribution in [0, 0.1) is 5.92 Å². The maximum Gasteiger partial charge on any atom is 0.123 e. The van der Waals surface area contributed by atoms with Crippen LogP contribution in [0.5, 0.6) is 11.5 Å². The summed E-state index contributed by atoms with van der Waals surface area (Å²) in [4.78, 5) is 0. The average molecular weight is 310 g/mol. The minimum absolute atomic E-state index is 0.231. The molecular weight excluding hydrogens is 284 g/mol. The third-order valence-corrected chi connectivity index (χ3v) is 5.23. The van der Waals surface area contributed by atoms with E-state index >= 15 is 0 Å². The van der Waals surface area contributed by atoms with Gasteiger partial charge in [0.1, 0.15) is 11.5 Å². The predicted molar refractivity (Wildman–Crippen MR) is 94.8 cm³/mol. The maximum absolute atomic E-state index is 10.4. The number of hydrogen-bond donors (Lipinski definition) is 2. The number of hydrogen-bond acceptors (Lipinski definition) is 2. The normalized spacial score (nSPS) is 21.3. The molecule has 122 valence electrons. The van der Waals surface area contributed by atoms with Crippen LogP contribution >= 0.6 is 0 Å². The smallest absolute Gasteiger partial charge is 0.123 e. The van der Waals surface area contributed by atoms with E-state index in [2.05, 4.69) is 13.0 Å². The highest BCUT2D eigenvalue weighted by molar-refractivity contribution is 5.78. The Morgan fingerprint density at radius 3 is 2.26 bits per heavy atom. The molecule has 0 aromatic heterocycles. The number of phenolic OH excluding ortho intramolecular Hbond substituents is 2. The largest absolute Gasteiger partial charge is 0.507 e. The number of rotatable bonds is 4. The fraction of sp³-hybridized carbons (Fsp3) is 0.429. The van der Waals surface area contributed by atoms with Crippen LogP contribution in [0.25, 0.3) is 11.1 Å². The summed E-state index contributed by atoms with van der Waals surface area (Å²) in [7, 11) is 0. The van der Waals surface area contributed by atoms with Crippen LogP contribution in [-0.4, -0.2) is 10.2 Å². The molecule has 0 atom stereocenters. The maximum atomic E-state index is 10.4. The zero-order chi connectivity index (χ0) is 16.2. The van der Waals surface area contributed by atoms with Gasteiger partial charge in [0.15, 0.2) is 0 Å².